The minimum Gasteiger partial charge on any atom is -0.396 e. The topological polar surface area (TPSA) is 59.9 Å². The first-order valence-corrected chi connectivity index (χ1v) is 10.9. The number of hydrogen-bond acceptors (Lipinski definition) is 3. The Balaban J connectivity index is 0.00000676. The number of piperidine rings is 1. The zero-order chi connectivity index (χ0) is 19.2. The molecule has 0 aromatic rings. The van der Waals surface area contributed by atoms with Gasteiger partial charge in [-0.2, -0.15) is 0 Å². The summed E-state index contributed by atoms with van der Waals surface area (Å²) in [7, 11) is 0. The van der Waals surface area contributed by atoms with Crippen LogP contribution in [0.5, 0.6) is 0 Å². The molecule has 0 amide bonds. The largest absolute Gasteiger partial charge is 0.396 e. The van der Waals surface area contributed by atoms with Crippen LogP contribution in [0.1, 0.15) is 66.2 Å². The smallest absolute Gasteiger partial charge is 0.191 e. The van der Waals surface area contributed by atoms with Gasteiger partial charge in [-0.15, -0.1) is 24.0 Å². The van der Waals surface area contributed by atoms with Crippen molar-refractivity contribution in [2.45, 2.75) is 66.2 Å². The van der Waals surface area contributed by atoms with E-state index < -0.39 is 0 Å². The molecule has 162 valence electrons. The van der Waals surface area contributed by atoms with Gasteiger partial charge in [0.2, 0.25) is 0 Å². The number of nitrogens with zero attached hydrogens (tertiary/aromatic N) is 2. The second kappa shape index (κ2) is 16.8. The quantitative estimate of drug-likeness (QED) is 0.167. The Labute approximate surface area is 185 Å². The van der Waals surface area contributed by atoms with Crippen molar-refractivity contribution in [1.29, 1.82) is 0 Å². The molecular weight excluding hydrogens is 451 g/mol. The number of halogens is 1. The summed E-state index contributed by atoms with van der Waals surface area (Å²) in [5.74, 6) is 2.95. The van der Waals surface area contributed by atoms with Gasteiger partial charge in [-0.3, -0.25) is 4.99 Å². The van der Waals surface area contributed by atoms with Crippen molar-refractivity contribution >= 4 is 29.9 Å². The van der Waals surface area contributed by atoms with Crippen molar-refractivity contribution in [3.63, 3.8) is 0 Å². The molecule has 6 heteroatoms. The van der Waals surface area contributed by atoms with E-state index in [-0.39, 0.29) is 30.6 Å². The van der Waals surface area contributed by atoms with Crippen molar-refractivity contribution < 1.29 is 5.11 Å². The number of hydrogen-bond donors (Lipinski definition) is 3. The summed E-state index contributed by atoms with van der Waals surface area (Å²) in [5, 5.41) is 16.1. The Morgan fingerprint density at radius 1 is 1.19 bits per heavy atom. The Bertz CT molecular complexity index is 371. The van der Waals surface area contributed by atoms with Crippen molar-refractivity contribution in [3.05, 3.63) is 0 Å². The first-order chi connectivity index (χ1) is 12.5. The van der Waals surface area contributed by atoms with Crippen LogP contribution in [0.4, 0.5) is 0 Å². The molecule has 1 aliphatic heterocycles. The molecule has 3 N–H and O–H groups in total. The lowest BCUT2D eigenvalue weighted by molar-refractivity contribution is 0.189. The van der Waals surface area contributed by atoms with E-state index in [9.17, 15) is 5.11 Å². The fourth-order valence-electron chi connectivity index (χ4n) is 3.65. The lowest BCUT2D eigenvalue weighted by Gasteiger charge is -2.30. The van der Waals surface area contributed by atoms with Gasteiger partial charge in [0.25, 0.3) is 0 Å². The molecule has 1 fully saturated rings. The predicted molar refractivity (Wildman–Crippen MR) is 128 cm³/mol. The zero-order valence-corrected chi connectivity index (χ0v) is 20.5. The number of aliphatic hydroxyl groups is 1. The van der Waals surface area contributed by atoms with Gasteiger partial charge >= 0.3 is 0 Å². The van der Waals surface area contributed by atoms with E-state index in [1.165, 1.54) is 45.3 Å². The molecule has 0 bridgehead atoms. The average Bonchev–Trinajstić information content (AvgIpc) is 2.60. The minimum atomic E-state index is 0. The van der Waals surface area contributed by atoms with Gasteiger partial charge in [0.15, 0.2) is 5.96 Å². The Morgan fingerprint density at radius 3 is 2.48 bits per heavy atom. The normalized spacial score (nSPS) is 17.6. The molecule has 1 atom stereocenters. The zero-order valence-electron chi connectivity index (χ0n) is 18.2. The van der Waals surface area contributed by atoms with E-state index in [1.54, 1.807) is 0 Å². The van der Waals surface area contributed by atoms with E-state index in [0.29, 0.717) is 11.8 Å². The maximum Gasteiger partial charge on any atom is 0.191 e. The van der Waals surface area contributed by atoms with E-state index in [4.69, 9.17) is 4.99 Å². The number of rotatable bonds is 12. The van der Waals surface area contributed by atoms with Crippen LogP contribution in [0.25, 0.3) is 0 Å². The third-order valence-electron chi connectivity index (χ3n) is 5.26. The van der Waals surface area contributed by atoms with Crippen LogP contribution in [-0.4, -0.2) is 61.8 Å². The van der Waals surface area contributed by atoms with E-state index >= 15 is 0 Å². The second-order valence-electron chi connectivity index (χ2n) is 8.39. The Hall–Kier alpha value is -0.0800. The number of aliphatic imine (C=N–C) groups is 1. The number of aliphatic hydroxyl groups excluding tert-OH is 1. The van der Waals surface area contributed by atoms with Gasteiger partial charge in [-0.1, -0.05) is 20.8 Å². The minimum absolute atomic E-state index is 0. The fraction of sp³-hybridized carbons (Fsp3) is 0.952. The maximum atomic E-state index is 9.26. The summed E-state index contributed by atoms with van der Waals surface area (Å²) in [5.41, 5.74) is 0. The van der Waals surface area contributed by atoms with Gasteiger partial charge in [0.05, 0.1) is 0 Å². The first kappa shape index (κ1) is 26.9. The molecule has 1 rings (SSSR count). The van der Waals surface area contributed by atoms with Crippen LogP contribution in [0.2, 0.25) is 0 Å². The molecular formula is C21H45IN4O. The Kier molecular flexibility index (Phi) is 16.8. The van der Waals surface area contributed by atoms with Gasteiger partial charge in [-0.25, -0.2) is 0 Å². The van der Waals surface area contributed by atoms with Crippen molar-refractivity contribution in [3.8, 4) is 0 Å². The van der Waals surface area contributed by atoms with E-state index in [1.807, 2.05) is 0 Å². The third kappa shape index (κ3) is 13.7. The lowest BCUT2D eigenvalue weighted by Crippen LogP contribution is -2.38. The monoisotopic (exact) mass is 496 g/mol. The molecule has 0 radical (unpaired) electrons. The van der Waals surface area contributed by atoms with Crippen molar-refractivity contribution in [2.75, 3.05) is 45.9 Å². The molecule has 1 saturated heterocycles. The highest BCUT2D eigenvalue weighted by molar-refractivity contribution is 14.0. The van der Waals surface area contributed by atoms with Gasteiger partial charge in [0, 0.05) is 26.2 Å². The summed E-state index contributed by atoms with van der Waals surface area (Å²) >= 11 is 0. The second-order valence-corrected chi connectivity index (χ2v) is 8.39. The first-order valence-electron chi connectivity index (χ1n) is 10.9. The highest BCUT2D eigenvalue weighted by Gasteiger charge is 2.14. The molecule has 0 aromatic carbocycles. The van der Waals surface area contributed by atoms with Crippen molar-refractivity contribution in [1.82, 2.24) is 15.5 Å². The lowest BCUT2D eigenvalue weighted by atomic mass is 9.94. The summed E-state index contributed by atoms with van der Waals surface area (Å²) in [4.78, 5) is 7.37. The molecule has 5 nitrogen and oxygen atoms in total. The van der Waals surface area contributed by atoms with Crippen LogP contribution in [0.15, 0.2) is 4.99 Å². The van der Waals surface area contributed by atoms with E-state index in [0.717, 1.165) is 44.4 Å². The molecule has 1 heterocycles. The fourth-order valence-corrected chi connectivity index (χ4v) is 3.65. The molecule has 1 aliphatic rings. The summed E-state index contributed by atoms with van der Waals surface area (Å²) in [6.07, 6.45) is 7.12. The van der Waals surface area contributed by atoms with Gasteiger partial charge in [-0.05, 0) is 82.8 Å². The van der Waals surface area contributed by atoms with Crippen LogP contribution in [0.3, 0.4) is 0 Å². The van der Waals surface area contributed by atoms with Crippen molar-refractivity contribution in [2.24, 2.45) is 22.7 Å². The average molecular weight is 497 g/mol. The Morgan fingerprint density at radius 2 is 1.89 bits per heavy atom. The van der Waals surface area contributed by atoms with Crippen LogP contribution in [0, 0.1) is 17.8 Å². The summed E-state index contributed by atoms with van der Waals surface area (Å²) in [6, 6.07) is 0. The molecule has 1 unspecified atom stereocenters. The molecule has 0 aliphatic carbocycles. The van der Waals surface area contributed by atoms with Gasteiger partial charge in [0.1, 0.15) is 0 Å². The van der Waals surface area contributed by atoms with Gasteiger partial charge < -0.3 is 20.6 Å². The number of unbranched alkanes of at least 4 members (excludes halogenated alkanes) is 1. The molecule has 27 heavy (non-hydrogen) atoms. The maximum absolute atomic E-state index is 9.26. The molecule has 0 aromatic heterocycles. The number of likely N-dealkylation sites (tertiary alicyclic amines) is 1. The third-order valence-corrected chi connectivity index (χ3v) is 5.26. The van der Waals surface area contributed by atoms with Crippen LogP contribution in [-0.2, 0) is 0 Å². The number of guanidine groups is 1. The van der Waals surface area contributed by atoms with Crippen LogP contribution < -0.4 is 10.6 Å². The number of nitrogens with one attached hydrogen (secondary N) is 2. The highest BCUT2D eigenvalue weighted by Crippen LogP contribution is 2.16. The molecule has 0 saturated carbocycles. The van der Waals surface area contributed by atoms with Crippen LogP contribution >= 0.6 is 24.0 Å². The van der Waals surface area contributed by atoms with E-state index in [2.05, 4.69) is 43.2 Å². The predicted octanol–water partition coefficient (Wildman–Crippen LogP) is 3.72. The standard InChI is InChI=1S/C21H44N4O.HI/c1-5-22-21(24-17-20(10-15-26)16-18(2)3)23-11-6-7-12-25-13-8-19(4)9-14-25;/h18-20,26H,5-17H2,1-4H3,(H2,22,23,24);1H. The summed E-state index contributed by atoms with van der Waals surface area (Å²) < 4.78 is 0. The summed E-state index contributed by atoms with van der Waals surface area (Å²) in [6.45, 7) is 15.6. The highest BCUT2D eigenvalue weighted by atomic mass is 127. The molecule has 0 spiro atoms. The SMILES string of the molecule is CCNC(=NCC(CCO)CC(C)C)NCCCCN1CCC(C)CC1.I.